The van der Waals surface area contributed by atoms with Crippen molar-refractivity contribution in [2.24, 2.45) is 46.3 Å². The van der Waals surface area contributed by atoms with Crippen molar-refractivity contribution in [1.82, 2.24) is 0 Å². The zero-order valence-electron chi connectivity index (χ0n) is 24.8. The van der Waals surface area contributed by atoms with Gasteiger partial charge in [0.25, 0.3) is 0 Å². The van der Waals surface area contributed by atoms with E-state index < -0.39 is 46.6 Å². The summed E-state index contributed by atoms with van der Waals surface area (Å²) < 4.78 is 73.2. The molecule has 4 saturated carbocycles. The van der Waals surface area contributed by atoms with Crippen LogP contribution in [-0.2, 0) is 19.4 Å². The zero-order valence-corrected chi connectivity index (χ0v) is 25.6. The van der Waals surface area contributed by atoms with Gasteiger partial charge in [0.05, 0.1) is 6.10 Å². The van der Waals surface area contributed by atoms with Crippen molar-refractivity contribution in [3.8, 4) is 0 Å². The number of carbonyl (C=O) groups is 1. The van der Waals surface area contributed by atoms with Crippen LogP contribution in [-0.4, -0.2) is 25.0 Å². The molecular formula is C24H38Na2O6S. The quantitative estimate of drug-likeness (QED) is 0.228. The number of hydrogen-bond acceptors (Lipinski definition) is 6. The first kappa shape index (κ1) is 24.7. The maximum Gasteiger partial charge on any atom is 1.00 e. The van der Waals surface area contributed by atoms with Gasteiger partial charge in [0.2, 0.25) is 10.4 Å². The number of hydrogen-bond donors (Lipinski definition) is 0. The third-order valence-corrected chi connectivity index (χ3v) is 10.1. The molecule has 4 aliphatic carbocycles. The maximum atomic E-state index is 11.3. The zero-order chi connectivity index (χ0) is 26.2. The number of fused-ring (bicyclic) bond motifs is 5. The summed E-state index contributed by atoms with van der Waals surface area (Å²) in [7, 11) is -5.26. The predicted molar refractivity (Wildman–Crippen MR) is 113 cm³/mol. The van der Waals surface area contributed by atoms with Crippen LogP contribution in [0.5, 0.6) is 0 Å². The summed E-state index contributed by atoms with van der Waals surface area (Å²) in [6, 6.07) is 0. The Kier molecular flexibility index (Phi) is 8.51. The molecule has 9 atom stereocenters. The smallest absolute Gasteiger partial charge is 0.726 e. The standard InChI is InChI=1S/C24H40O6S.2Na/c1-15(4-9-22(25)26)19-7-8-20-18-6-5-16-14-17(30-31(27,28)29)10-12-23(16,2)21(18)11-13-24(19,20)3;;/h15-21H,4-14H2,1-3H3,(H,25,26)(H,27,28,29);;/q;2*+1/p-2/t15-,16-,17-,18?,19-,20?,21?,23+,24-;;/m1../s1/i10D2,14D2;;. The molecule has 0 aliphatic heterocycles. The van der Waals surface area contributed by atoms with E-state index in [0.717, 1.165) is 32.1 Å². The van der Waals surface area contributed by atoms with Crippen molar-refractivity contribution < 1.29 is 91.7 Å². The molecule has 0 saturated heterocycles. The summed E-state index contributed by atoms with van der Waals surface area (Å²) in [5, 5.41) is 11.0. The van der Waals surface area contributed by atoms with Crippen molar-refractivity contribution in [3.05, 3.63) is 0 Å². The van der Waals surface area contributed by atoms with E-state index in [1.807, 2.05) is 6.92 Å². The molecule has 33 heavy (non-hydrogen) atoms. The fourth-order valence-corrected chi connectivity index (χ4v) is 8.60. The number of carboxylic acid groups (broad SMARTS) is 1. The summed E-state index contributed by atoms with van der Waals surface area (Å²) in [5.74, 6) is -0.0805. The third-order valence-electron chi connectivity index (χ3n) is 9.67. The van der Waals surface area contributed by atoms with Gasteiger partial charge in [-0.25, -0.2) is 8.42 Å². The largest absolute Gasteiger partial charge is 1.00 e. The Bertz CT molecular complexity index is 969. The second-order valence-electron chi connectivity index (χ2n) is 11.1. The van der Waals surface area contributed by atoms with Crippen LogP contribution in [0.15, 0.2) is 0 Å². The Morgan fingerprint density at radius 1 is 1.09 bits per heavy atom. The van der Waals surface area contributed by atoms with Crippen molar-refractivity contribution in [3.63, 3.8) is 0 Å². The van der Waals surface area contributed by atoms with Gasteiger partial charge in [-0.15, -0.1) is 0 Å². The third kappa shape index (κ3) is 6.09. The Morgan fingerprint density at radius 2 is 1.76 bits per heavy atom. The van der Waals surface area contributed by atoms with Gasteiger partial charge < -0.3 is 14.5 Å². The van der Waals surface area contributed by atoms with Crippen LogP contribution < -0.4 is 64.2 Å². The average molecular weight is 505 g/mol. The molecule has 0 aromatic heterocycles. The molecule has 4 rings (SSSR count). The molecule has 0 spiro atoms. The normalized spacial score (nSPS) is 48.0. The average Bonchev–Trinajstić information content (AvgIpc) is 3.05. The molecule has 4 aliphatic rings. The van der Waals surface area contributed by atoms with E-state index in [4.69, 9.17) is 5.48 Å². The second-order valence-corrected chi connectivity index (χ2v) is 12.1. The molecule has 3 unspecified atom stereocenters. The van der Waals surface area contributed by atoms with Gasteiger partial charge in [-0.3, -0.25) is 4.18 Å². The van der Waals surface area contributed by atoms with Gasteiger partial charge in [0.15, 0.2) is 0 Å². The molecule has 0 aromatic rings. The van der Waals surface area contributed by atoms with E-state index in [0.29, 0.717) is 30.6 Å². The molecule has 9 heteroatoms. The van der Waals surface area contributed by atoms with Crippen LogP contribution in [0.3, 0.4) is 0 Å². The van der Waals surface area contributed by atoms with E-state index in [1.165, 1.54) is 0 Å². The molecule has 0 N–H and O–H groups in total. The predicted octanol–water partition coefficient (Wildman–Crippen LogP) is -2.34. The Hall–Kier alpha value is 1.34. The number of rotatable bonds is 6. The van der Waals surface area contributed by atoms with Crippen LogP contribution in [0.1, 0.15) is 96.8 Å². The van der Waals surface area contributed by atoms with Crippen molar-refractivity contribution in [2.75, 3.05) is 0 Å². The van der Waals surface area contributed by atoms with Crippen molar-refractivity contribution >= 4 is 16.4 Å². The van der Waals surface area contributed by atoms with E-state index in [2.05, 4.69) is 18.0 Å². The first-order chi connectivity index (χ1) is 15.9. The summed E-state index contributed by atoms with van der Waals surface area (Å²) in [6.45, 7) is 6.43. The van der Waals surface area contributed by atoms with Gasteiger partial charge in [-0.05, 0) is 117 Å². The topological polar surface area (TPSA) is 107 Å². The van der Waals surface area contributed by atoms with Crippen LogP contribution in [0.2, 0.25) is 0 Å². The number of aliphatic carboxylic acids is 1. The molecule has 178 valence electrons. The molecule has 6 nitrogen and oxygen atoms in total. The molecule has 0 radical (unpaired) electrons. The summed E-state index contributed by atoms with van der Waals surface area (Å²) in [4.78, 5) is 11.0. The molecular weight excluding hydrogens is 462 g/mol. The maximum absolute atomic E-state index is 11.3. The monoisotopic (exact) mass is 504 g/mol. The molecule has 0 bridgehead atoms. The van der Waals surface area contributed by atoms with Gasteiger partial charge in [0, 0.05) is 11.5 Å². The Labute approximate surface area is 249 Å². The molecule has 0 amide bonds. The van der Waals surface area contributed by atoms with E-state index >= 15 is 0 Å². The van der Waals surface area contributed by atoms with Crippen LogP contribution in [0, 0.1) is 46.3 Å². The Balaban J connectivity index is 0.00000241. The minimum atomic E-state index is -5.26. The fourth-order valence-electron chi connectivity index (χ4n) is 8.24. The fraction of sp³-hybridized carbons (Fsp3) is 0.958. The minimum Gasteiger partial charge on any atom is -0.726 e. The van der Waals surface area contributed by atoms with Crippen molar-refractivity contribution in [1.29, 1.82) is 0 Å². The number of carboxylic acids is 1. The van der Waals surface area contributed by atoms with Gasteiger partial charge in [-0.2, -0.15) is 0 Å². The number of carbonyl (C=O) groups excluding carboxylic acids is 1. The van der Waals surface area contributed by atoms with Gasteiger partial charge in [-0.1, -0.05) is 20.8 Å². The van der Waals surface area contributed by atoms with Crippen LogP contribution >= 0.6 is 0 Å². The first-order valence-corrected chi connectivity index (χ1v) is 13.1. The van der Waals surface area contributed by atoms with E-state index in [9.17, 15) is 22.9 Å². The van der Waals surface area contributed by atoms with Crippen LogP contribution in [0.4, 0.5) is 0 Å². The summed E-state index contributed by atoms with van der Waals surface area (Å²) in [6.07, 6.45) is -0.790. The first-order valence-electron chi connectivity index (χ1n) is 13.8. The second kappa shape index (κ2) is 11.4. The SMILES string of the molecule is [2H]C1([2H])C[C@]2(C)C3CC[C@@]4(C)C(CC[C@@H]4[C@H](C)CCC(=O)[O-])C3CC[C@@H]2C([2H])([2H])[C@@H]1OS(=O)(=O)[O-].[Na+].[Na+]. The van der Waals surface area contributed by atoms with E-state index in [1.54, 1.807) is 0 Å². The molecule has 0 aromatic carbocycles. The van der Waals surface area contributed by atoms with E-state index in [-0.39, 0.29) is 89.2 Å². The Morgan fingerprint density at radius 3 is 2.39 bits per heavy atom. The van der Waals surface area contributed by atoms with Crippen LogP contribution in [0.25, 0.3) is 0 Å². The molecule has 0 heterocycles. The van der Waals surface area contributed by atoms with Crippen molar-refractivity contribution in [2.45, 2.75) is 97.4 Å². The van der Waals surface area contributed by atoms with Gasteiger partial charge in [0.1, 0.15) is 0 Å². The van der Waals surface area contributed by atoms with Gasteiger partial charge >= 0.3 is 59.1 Å². The molecule has 4 fully saturated rings. The minimum absolute atomic E-state index is 0. The summed E-state index contributed by atoms with van der Waals surface area (Å²) >= 11 is 0. The summed E-state index contributed by atoms with van der Waals surface area (Å²) in [5.41, 5.74) is -0.604.